The second-order valence-corrected chi connectivity index (χ2v) is 6.95. The molecule has 0 radical (unpaired) electrons. The zero-order valence-electron chi connectivity index (χ0n) is 14.4. The molecule has 1 aliphatic rings. The van der Waals surface area contributed by atoms with Gasteiger partial charge in [0.1, 0.15) is 17.5 Å². The van der Waals surface area contributed by atoms with E-state index >= 15 is 0 Å². The van der Waals surface area contributed by atoms with Crippen LogP contribution in [0.3, 0.4) is 0 Å². The van der Waals surface area contributed by atoms with Crippen LogP contribution in [0.5, 0.6) is 5.75 Å². The van der Waals surface area contributed by atoms with E-state index in [1.165, 1.54) is 17.6 Å². The third-order valence-electron chi connectivity index (χ3n) is 3.99. The molecule has 2 aromatic rings. The lowest BCUT2D eigenvalue weighted by Crippen LogP contribution is -2.32. The number of benzene rings is 1. The Morgan fingerprint density at radius 2 is 2.04 bits per heavy atom. The summed E-state index contributed by atoms with van der Waals surface area (Å²) in [5.74, 6) is 0.623. The van der Waals surface area contributed by atoms with Gasteiger partial charge in [0.15, 0.2) is 0 Å². The molecule has 0 saturated carbocycles. The lowest BCUT2D eigenvalue weighted by molar-refractivity contribution is -0.770. The van der Waals surface area contributed by atoms with Crippen molar-refractivity contribution >= 4 is 17.3 Å². The molecule has 7 nitrogen and oxygen atoms in total. The maximum Gasteiger partial charge on any atom is 0.295 e. The standard InChI is InChI=1S/C18H17ClN2O5/c1-11(26-21(23)24)12-6-7-20(17(22)8-12)15-10-18(2,3)25-16-5-4-13(19)9-14(15)16/h4-11H,1-3H3. The molecular formula is C18H17ClN2O5. The molecule has 3 rings (SSSR count). The maximum absolute atomic E-state index is 12.7. The predicted octanol–water partition coefficient (Wildman–Crippen LogP) is 3.83. The Kier molecular flexibility index (Phi) is 4.50. The van der Waals surface area contributed by atoms with Crippen molar-refractivity contribution in [2.24, 2.45) is 0 Å². The molecule has 0 saturated heterocycles. The molecule has 1 aromatic carbocycles. The third-order valence-corrected chi connectivity index (χ3v) is 4.23. The molecule has 136 valence electrons. The van der Waals surface area contributed by atoms with Gasteiger partial charge in [-0.2, -0.15) is 0 Å². The van der Waals surface area contributed by atoms with Gasteiger partial charge in [-0.15, -0.1) is 10.1 Å². The molecule has 0 bridgehead atoms. The summed E-state index contributed by atoms with van der Waals surface area (Å²) >= 11 is 6.10. The monoisotopic (exact) mass is 376 g/mol. The van der Waals surface area contributed by atoms with Crippen molar-refractivity contribution in [2.45, 2.75) is 32.5 Å². The number of pyridine rings is 1. The summed E-state index contributed by atoms with van der Waals surface area (Å²) in [7, 11) is 0. The van der Waals surface area contributed by atoms with Gasteiger partial charge in [-0.1, -0.05) is 11.6 Å². The fourth-order valence-electron chi connectivity index (χ4n) is 2.85. The molecule has 2 heterocycles. The molecule has 1 aliphatic heterocycles. The highest BCUT2D eigenvalue weighted by molar-refractivity contribution is 6.30. The number of fused-ring (bicyclic) bond motifs is 1. The summed E-state index contributed by atoms with van der Waals surface area (Å²) in [6, 6.07) is 8.16. The van der Waals surface area contributed by atoms with E-state index in [0.717, 1.165) is 0 Å². The molecule has 0 aliphatic carbocycles. The van der Waals surface area contributed by atoms with Crippen molar-refractivity contribution in [1.82, 2.24) is 4.57 Å². The van der Waals surface area contributed by atoms with Crippen LogP contribution in [0.4, 0.5) is 0 Å². The smallest absolute Gasteiger partial charge is 0.295 e. The summed E-state index contributed by atoms with van der Waals surface area (Å²) in [5, 5.41) is 10.1. The van der Waals surface area contributed by atoms with Gasteiger partial charge in [-0.25, -0.2) is 0 Å². The van der Waals surface area contributed by atoms with Crippen LogP contribution >= 0.6 is 11.6 Å². The number of aromatic nitrogens is 1. The van der Waals surface area contributed by atoms with E-state index in [4.69, 9.17) is 16.3 Å². The Balaban J connectivity index is 2.08. The van der Waals surface area contributed by atoms with Gasteiger partial charge >= 0.3 is 0 Å². The Morgan fingerprint density at radius 1 is 1.31 bits per heavy atom. The highest BCUT2D eigenvalue weighted by Gasteiger charge is 2.28. The Labute approximate surface area is 154 Å². The first-order valence-corrected chi connectivity index (χ1v) is 8.30. The number of hydrogen-bond acceptors (Lipinski definition) is 5. The molecular weight excluding hydrogens is 360 g/mol. The highest BCUT2D eigenvalue weighted by Crippen LogP contribution is 2.37. The second-order valence-electron chi connectivity index (χ2n) is 6.52. The largest absolute Gasteiger partial charge is 0.483 e. The quantitative estimate of drug-likeness (QED) is 0.598. The van der Waals surface area contributed by atoms with E-state index in [2.05, 4.69) is 4.84 Å². The number of ether oxygens (including phenoxy) is 1. The van der Waals surface area contributed by atoms with E-state index in [1.54, 1.807) is 30.5 Å². The summed E-state index contributed by atoms with van der Waals surface area (Å²) in [5.41, 5.74) is 0.799. The van der Waals surface area contributed by atoms with E-state index in [-0.39, 0.29) is 5.56 Å². The van der Waals surface area contributed by atoms with Crippen molar-refractivity contribution in [3.8, 4) is 5.75 Å². The summed E-state index contributed by atoms with van der Waals surface area (Å²) in [6.07, 6.45) is 2.56. The van der Waals surface area contributed by atoms with E-state index < -0.39 is 16.8 Å². The van der Waals surface area contributed by atoms with Crippen molar-refractivity contribution in [3.63, 3.8) is 0 Å². The van der Waals surface area contributed by atoms with Crippen LogP contribution in [0.25, 0.3) is 5.70 Å². The van der Waals surface area contributed by atoms with Crippen LogP contribution in [0.15, 0.2) is 47.4 Å². The Bertz CT molecular complexity index is 964. The van der Waals surface area contributed by atoms with Crippen molar-refractivity contribution in [2.75, 3.05) is 0 Å². The zero-order valence-corrected chi connectivity index (χ0v) is 15.2. The van der Waals surface area contributed by atoms with Crippen molar-refractivity contribution < 1.29 is 14.7 Å². The average molecular weight is 377 g/mol. The SMILES string of the molecule is CC(O[N+](=O)[O-])c1ccn(C2=CC(C)(C)Oc3ccc(Cl)cc32)c(=O)c1. The summed E-state index contributed by atoms with van der Waals surface area (Å²) in [4.78, 5) is 27.6. The van der Waals surface area contributed by atoms with Crippen LogP contribution in [0.2, 0.25) is 5.02 Å². The first-order chi connectivity index (χ1) is 12.2. The predicted molar refractivity (Wildman–Crippen MR) is 96.7 cm³/mol. The van der Waals surface area contributed by atoms with Crippen LogP contribution in [-0.4, -0.2) is 15.3 Å². The second kappa shape index (κ2) is 6.49. The maximum atomic E-state index is 12.7. The van der Waals surface area contributed by atoms with Crippen LogP contribution < -0.4 is 10.3 Å². The molecule has 1 atom stereocenters. The van der Waals surface area contributed by atoms with Crippen LogP contribution in [0, 0.1) is 10.1 Å². The van der Waals surface area contributed by atoms with Gasteiger partial charge in [0.05, 0.1) is 5.70 Å². The molecule has 0 amide bonds. The minimum Gasteiger partial charge on any atom is -0.483 e. The van der Waals surface area contributed by atoms with E-state index in [9.17, 15) is 14.9 Å². The highest BCUT2D eigenvalue weighted by atomic mass is 35.5. The molecule has 0 spiro atoms. The lowest BCUT2D eigenvalue weighted by Gasteiger charge is -2.31. The Morgan fingerprint density at radius 3 is 2.69 bits per heavy atom. The number of halogens is 1. The molecule has 1 aromatic heterocycles. The fraction of sp³-hybridized carbons (Fsp3) is 0.278. The first-order valence-electron chi connectivity index (χ1n) is 7.92. The summed E-state index contributed by atoms with van der Waals surface area (Å²) < 4.78 is 7.39. The molecule has 8 heteroatoms. The van der Waals surface area contributed by atoms with Crippen molar-refractivity contribution in [3.05, 3.63) is 79.2 Å². The molecule has 1 unspecified atom stereocenters. The lowest BCUT2D eigenvalue weighted by atomic mass is 9.99. The van der Waals surface area contributed by atoms with Crippen molar-refractivity contribution in [1.29, 1.82) is 0 Å². The minimum absolute atomic E-state index is 0.337. The van der Waals surface area contributed by atoms with Gasteiger partial charge in [0.25, 0.3) is 10.6 Å². The summed E-state index contributed by atoms with van der Waals surface area (Å²) in [6.45, 7) is 5.28. The fourth-order valence-corrected chi connectivity index (χ4v) is 3.02. The third kappa shape index (κ3) is 3.57. The van der Waals surface area contributed by atoms with Gasteiger partial charge in [0.2, 0.25) is 0 Å². The van der Waals surface area contributed by atoms with Gasteiger partial charge in [-0.05, 0) is 56.7 Å². The van der Waals surface area contributed by atoms with Gasteiger partial charge < -0.3 is 9.57 Å². The normalized spacial score (nSPS) is 16.1. The zero-order chi connectivity index (χ0) is 19.1. The molecule has 26 heavy (non-hydrogen) atoms. The minimum atomic E-state index is -0.877. The average Bonchev–Trinajstić information content (AvgIpc) is 2.53. The molecule has 0 N–H and O–H groups in total. The van der Waals surface area contributed by atoms with Gasteiger partial charge in [-0.3, -0.25) is 9.36 Å². The molecule has 0 fully saturated rings. The first kappa shape index (κ1) is 18.0. The number of nitrogens with zero attached hydrogens (tertiary/aromatic N) is 2. The Hall–Kier alpha value is -2.80. The topological polar surface area (TPSA) is 83.6 Å². The van der Waals surface area contributed by atoms with Crippen LogP contribution in [-0.2, 0) is 4.84 Å². The number of rotatable bonds is 4. The van der Waals surface area contributed by atoms with Gasteiger partial charge in [0, 0.05) is 22.8 Å². The number of hydrogen-bond donors (Lipinski definition) is 0. The van der Waals surface area contributed by atoms with Crippen LogP contribution in [0.1, 0.15) is 38.0 Å². The van der Waals surface area contributed by atoms with E-state index in [0.29, 0.717) is 27.6 Å². The van der Waals surface area contributed by atoms with E-state index in [1.807, 2.05) is 19.9 Å².